The second-order valence-electron chi connectivity index (χ2n) is 6.56. The number of nitrogens with one attached hydrogen (secondary N) is 2. The average molecular weight is 464 g/mol. The van der Waals surface area contributed by atoms with Gasteiger partial charge in [-0.25, -0.2) is 13.6 Å². The zero-order chi connectivity index (χ0) is 23.8. The highest BCUT2D eigenvalue weighted by molar-refractivity contribution is 5.83. The monoisotopic (exact) mass is 464 g/mol. The number of carbonyl (C=O) groups excluding carboxylic acids is 2. The van der Waals surface area contributed by atoms with E-state index < -0.39 is 60.5 Å². The Morgan fingerprint density at radius 2 is 1.71 bits per heavy atom. The minimum atomic E-state index is -6.90. The van der Waals surface area contributed by atoms with Gasteiger partial charge in [0.05, 0.1) is 12.6 Å². The van der Waals surface area contributed by atoms with Gasteiger partial charge in [-0.2, -0.15) is 26.3 Å². The van der Waals surface area contributed by atoms with Crippen molar-refractivity contribution in [2.45, 2.75) is 42.9 Å². The van der Waals surface area contributed by atoms with E-state index in [2.05, 4.69) is 4.74 Å². The maximum atomic E-state index is 14.8. The summed E-state index contributed by atoms with van der Waals surface area (Å²) in [4.78, 5) is 24.3. The highest BCUT2D eigenvalue weighted by atomic mass is 19.4. The van der Waals surface area contributed by atoms with Crippen LogP contribution >= 0.6 is 0 Å². The second-order valence-corrected chi connectivity index (χ2v) is 6.56. The number of rotatable bonds is 7. The van der Waals surface area contributed by atoms with Crippen LogP contribution in [0.4, 0.5) is 39.9 Å². The van der Waals surface area contributed by atoms with Crippen molar-refractivity contribution in [1.82, 2.24) is 10.6 Å². The zero-order valence-corrected chi connectivity index (χ0v) is 15.5. The number of hydrogen-bond acceptors (Lipinski definition) is 4. The molecule has 2 rings (SSSR count). The fourth-order valence-electron chi connectivity index (χ4n) is 3.09. The van der Waals surface area contributed by atoms with Gasteiger partial charge in [-0.15, -0.1) is 0 Å². The minimum absolute atomic E-state index is 0.173. The summed E-state index contributed by atoms with van der Waals surface area (Å²) >= 11 is 0. The number of halogens is 8. The molecule has 1 aromatic carbocycles. The van der Waals surface area contributed by atoms with Gasteiger partial charge < -0.3 is 20.5 Å². The summed E-state index contributed by atoms with van der Waals surface area (Å²) in [6.45, 7) is 0.664. The molecule has 1 aromatic rings. The lowest BCUT2D eigenvalue weighted by atomic mass is 9.76. The van der Waals surface area contributed by atoms with Crippen LogP contribution in [0.5, 0.6) is 0 Å². The molecule has 14 heteroatoms. The third kappa shape index (κ3) is 3.77. The first-order chi connectivity index (χ1) is 14.1. The first-order valence-corrected chi connectivity index (χ1v) is 8.59. The van der Waals surface area contributed by atoms with E-state index in [-0.39, 0.29) is 5.56 Å². The predicted molar refractivity (Wildman–Crippen MR) is 86.8 cm³/mol. The van der Waals surface area contributed by atoms with E-state index in [9.17, 15) is 49.8 Å². The van der Waals surface area contributed by atoms with Crippen LogP contribution in [0.25, 0.3) is 0 Å². The Balaban J connectivity index is 2.72. The van der Waals surface area contributed by atoms with Crippen molar-refractivity contribution < 1.29 is 54.6 Å². The van der Waals surface area contributed by atoms with Crippen LogP contribution in [0.3, 0.4) is 0 Å². The lowest BCUT2D eigenvalue weighted by molar-refractivity contribution is -0.385. The molecule has 0 unspecified atom stereocenters. The fraction of sp³-hybridized carbons (Fsp3) is 0.529. The third-order valence-corrected chi connectivity index (χ3v) is 4.64. The summed E-state index contributed by atoms with van der Waals surface area (Å²) in [5.74, 6) is -24.6. The molecule has 6 nitrogen and oxygen atoms in total. The number of urea groups is 1. The molecule has 3 N–H and O–H groups in total. The van der Waals surface area contributed by atoms with Crippen LogP contribution in [0.1, 0.15) is 18.5 Å². The molecule has 174 valence electrons. The third-order valence-electron chi connectivity index (χ3n) is 4.64. The Bertz CT molecular complexity index is 824. The van der Waals surface area contributed by atoms with Crippen molar-refractivity contribution in [2.24, 2.45) is 5.92 Å². The van der Waals surface area contributed by atoms with E-state index in [0.29, 0.717) is 0 Å². The van der Waals surface area contributed by atoms with Gasteiger partial charge in [0.1, 0.15) is 5.92 Å². The number of esters is 1. The minimum Gasteiger partial charge on any atom is -0.466 e. The topological polar surface area (TPSA) is 87.7 Å². The van der Waals surface area contributed by atoms with Crippen LogP contribution in [0.15, 0.2) is 30.3 Å². The van der Waals surface area contributed by atoms with Crippen molar-refractivity contribution in [1.29, 1.82) is 0 Å². The van der Waals surface area contributed by atoms with Gasteiger partial charge >= 0.3 is 36.2 Å². The van der Waals surface area contributed by atoms with E-state index >= 15 is 0 Å². The second kappa shape index (κ2) is 8.13. The summed E-state index contributed by atoms with van der Waals surface area (Å²) in [5, 5.41) is 13.3. The number of carbonyl (C=O) groups is 2. The first-order valence-electron chi connectivity index (χ1n) is 8.59. The molecule has 0 aromatic heterocycles. The predicted octanol–water partition coefficient (Wildman–Crippen LogP) is 3.08. The molecule has 1 fully saturated rings. The quantitative estimate of drug-likeness (QED) is 0.428. The molecule has 0 radical (unpaired) electrons. The van der Waals surface area contributed by atoms with Crippen molar-refractivity contribution >= 4 is 12.0 Å². The molecule has 1 aliphatic rings. The van der Waals surface area contributed by atoms with Gasteiger partial charge in [0, 0.05) is 0 Å². The molecule has 0 saturated carbocycles. The number of amides is 2. The number of hydrogen-bond donors (Lipinski definition) is 3. The molecule has 0 aliphatic carbocycles. The Morgan fingerprint density at radius 3 is 2.19 bits per heavy atom. The lowest BCUT2D eigenvalue weighted by Crippen LogP contribution is -2.79. The first kappa shape index (κ1) is 24.6. The molecule has 1 saturated heterocycles. The Kier molecular flexibility index (Phi) is 6.46. The summed E-state index contributed by atoms with van der Waals surface area (Å²) in [7, 11) is 0. The SMILES string of the molecule is CCOC(=O)[C@@H]1[C@@H](c2ccccc2)NC(=O)N[C@@]1(O)C(F)(F)C(F)(F)C(F)(F)C(F)F. The van der Waals surface area contributed by atoms with E-state index in [1.165, 1.54) is 25.1 Å². The maximum absolute atomic E-state index is 14.8. The van der Waals surface area contributed by atoms with Crippen molar-refractivity contribution in [3.05, 3.63) is 35.9 Å². The van der Waals surface area contributed by atoms with Gasteiger partial charge in [0.15, 0.2) is 0 Å². The van der Waals surface area contributed by atoms with Crippen LogP contribution in [0.2, 0.25) is 0 Å². The highest BCUT2D eigenvalue weighted by Crippen LogP contribution is 2.55. The smallest absolute Gasteiger partial charge is 0.382 e. The van der Waals surface area contributed by atoms with Gasteiger partial charge in [-0.3, -0.25) is 4.79 Å². The Morgan fingerprint density at radius 1 is 1.16 bits per heavy atom. The average Bonchev–Trinajstić information content (AvgIpc) is 2.67. The molecular weight excluding hydrogens is 448 g/mol. The fourth-order valence-corrected chi connectivity index (χ4v) is 3.09. The van der Waals surface area contributed by atoms with E-state index in [1.807, 2.05) is 5.32 Å². The van der Waals surface area contributed by atoms with Crippen LogP contribution < -0.4 is 10.6 Å². The van der Waals surface area contributed by atoms with Crippen LogP contribution in [0, 0.1) is 5.92 Å². The van der Waals surface area contributed by atoms with E-state index in [4.69, 9.17) is 0 Å². The van der Waals surface area contributed by atoms with E-state index in [0.717, 1.165) is 17.4 Å². The lowest BCUT2D eigenvalue weighted by Gasteiger charge is -2.49. The maximum Gasteiger partial charge on any atom is 0.382 e. The van der Waals surface area contributed by atoms with Crippen molar-refractivity contribution in [2.75, 3.05) is 6.61 Å². The molecule has 0 bridgehead atoms. The number of ether oxygens (including phenoxy) is 1. The Labute approximate surface area is 169 Å². The van der Waals surface area contributed by atoms with Gasteiger partial charge in [-0.05, 0) is 12.5 Å². The van der Waals surface area contributed by atoms with Crippen molar-refractivity contribution in [3.63, 3.8) is 0 Å². The Hall–Kier alpha value is -2.64. The van der Waals surface area contributed by atoms with Gasteiger partial charge in [0.2, 0.25) is 5.72 Å². The number of benzene rings is 1. The number of aliphatic hydroxyl groups is 1. The van der Waals surface area contributed by atoms with Gasteiger partial charge in [-0.1, -0.05) is 30.3 Å². The zero-order valence-electron chi connectivity index (χ0n) is 15.5. The van der Waals surface area contributed by atoms with Crippen molar-refractivity contribution in [3.8, 4) is 0 Å². The largest absolute Gasteiger partial charge is 0.466 e. The van der Waals surface area contributed by atoms with Crippen LogP contribution in [-0.2, 0) is 9.53 Å². The summed E-state index contributed by atoms with van der Waals surface area (Å²) in [6.07, 6.45) is -5.26. The molecular formula is C17H16F8N2O4. The molecule has 31 heavy (non-hydrogen) atoms. The highest BCUT2D eigenvalue weighted by Gasteiger charge is 2.84. The summed E-state index contributed by atoms with van der Waals surface area (Å²) < 4.78 is 114. The summed E-state index contributed by atoms with van der Waals surface area (Å²) in [5.41, 5.74) is -4.92. The molecule has 1 aliphatic heterocycles. The summed E-state index contributed by atoms with van der Waals surface area (Å²) in [6, 6.07) is 2.57. The standard InChI is InChI=1S/C17H16F8N2O4/c1-2-31-11(28)9-10(8-6-4-3-5-7-8)26-13(29)27-15(9,30)17(24,25)16(22,23)14(20,21)12(18)19/h3-7,9-10,12,30H,2H2,1H3,(H2,26,27,29)/t9-,10+,15-/m0/s1. The molecule has 3 atom stereocenters. The van der Waals surface area contributed by atoms with Crippen LogP contribution in [-0.4, -0.2) is 53.6 Å². The number of alkyl halides is 8. The molecule has 0 spiro atoms. The molecule has 1 heterocycles. The normalized spacial score (nSPS) is 25.1. The van der Waals surface area contributed by atoms with E-state index in [1.54, 1.807) is 0 Å². The van der Waals surface area contributed by atoms with Gasteiger partial charge in [0.25, 0.3) is 0 Å². The molecule has 2 amide bonds.